The summed E-state index contributed by atoms with van der Waals surface area (Å²) < 4.78 is 43.9. The van der Waals surface area contributed by atoms with Gasteiger partial charge in [-0.2, -0.15) is 23.4 Å². The van der Waals surface area contributed by atoms with Crippen molar-refractivity contribution in [3.8, 4) is 0 Å². The minimum Gasteiger partial charge on any atom is -0.363 e. The van der Waals surface area contributed by atoms with Crippen LogP contribution in [0.4, 0.5) is 19.0 Å². The van der Waals surface area contributed by atoms with E-state index < -0.39 is 24.2 Å². The van der Waals surface area contributed by atoms with E-state index in [0.29, 0.717) is 10.6 Å². The Hall–Kier alpha value is -3.01. The maximum absolute atomic E-state index is 13.8. The summed E-state index contributed by atoms with van der Waals surface area (Å²) >= 11 is 5.89. The second-order valence-electron chi connectivity index (χ2n) is 7.46. The SMILES string of the molecule is Cc1c(CNC(=O)c2cc3n(n2)[C@H](C(F)(F)F)C[C@@H](c2ccc(Cl)cc2)N3)cnn1C. The van der Waals surface area contributed by atoms with Gasteiger partial charge in [0.15, 0.2) is 11.7 Å². The smallest absolute Gasteiger partial charge is 0.363 e. The minimum absolute atomic E-state index is 0.0879. The van der Waals surface area contributed by atoms with E-state index in [1.165, 1.54) is 6.07 Å². The summed E-state index contributed by atoms with van der Waals surface area (Å²) in [6, 6.07) is 5.52. The molecule has 0 fully saturated rings. The lowest BCUT2D eigenvalue weighted by molar-refractivity contribution is -0.173. The van der Waals surface area contributed by atoms with Crippen LogP contribution >= 0.6 is 11.6 Å². The average Bonchev–Trinajstić information content (AvgIpc) is 3.29. The van der Waals surface area contributed by atoms with Crippen molar-refractivity contribution >= 4 is 23.3 Å². The van der Waals surface area contributed by atoms with Crippen LogP contribution in [0.3, 0.4) is 0 Å². The van der Waals surface area contributed by atoms with Crippen LogP contribution in [-0.4, -0.2) is 31.6 Å². The highest BCUT2D eigenvalue weighted by Crippen LogP contribution is 2.43. The number of hydrogen-bond acceptors (Lipinski definition) is 4. The fraction of sp³-hybridized carbons (Fsp3) is 0.350. The fourth-order valence-corrected chi connectivity index (χ4v) is 3.71. The number of nitrogens with zero attached hydrogens (tertiary/aromatic N) is 4. The summed E-state index contributed by atoms with van der Waals surface area (Å²) in [6.07, 6.45) is -3.14. The first kappa shape index (κ1) is 21.2. The molecule has 2 atom stereocenters. The number of halogens is 4. The molecule has 1 amide bonds. The second-order valence-corrected chi connectivity index (χ2v) is 7.90. The Morgan fingerprint density at radius 3 is 2.65 bits per heavy atom. The molecule has 2 N–H and O–H groups in total. The number of anilines is 1. The highest BCUT2D eigenvalue weighted by Gasteiger charge is 2.46. The normalized spacial score (nSPS) is 18.4. The zero-order valence-electron chi connectivity index (χ0n) is 16.7. The zero-order chi connectivity index (χ0) is 22.3. The van der Waals surface area contributed by atoms with Gasteiger partial charge in [-0.25, -0.2) is 4.68 Å². The number of rotatable bonds is 4. The number of carbonyl (C=O) groups is 1. The number of amides is 1. The van der Waals surface area contributed by atoms with Crippen LogP contribution in [0, 0.1) is 6.92 Å². The van der Waals surface area contributed by atoms with Crippen molar-refractivity contribution < 1.29 is 18.0 Å². The molecule has 11 heteroatoms. The largest absolute Gasteiger partial charge is 0.410 e. The molecule has 31 heavy (non-hydrogen) atoms. The predicted octanol–water partition coefficient (Wildman–Crippen LogP) is 4.17. The summed E-state index contributed by atoms with van der Waals surface area (Å²) in [5.41, 5.74) is 2.28. The summed E-state index contributed by atoms with van der Waals surface area (Å²) in [6.45, 7) is 2.06. The van der Waals surface area contributed by atoms with Crippen molar-refractivity contribution in [1.29, 1.82) is 0 Å². The van der Waals surface area contributed by atoms with Crippen molar-refractivity contribution in [2.75, 3.05) is 5.32 Å². The molecular formula is C20H20ClF3N6O. The van der Waals surface area contributed by atoms with Gasteiger partial charge in [-0.15, -0.1) is 0 Å². The van der Waals surface area contributed by atoms with Gasteiger partial charge in [-0.05, 0) is 24.6 Å². The molecule has 4 rings (SSSR count). The molecule has 1 aliphatic rings. The van der Waals surface area contributed by atoms with Gasteiger partial charge in [0.1, 0.15) is 5.82 Å². The lowest BCUT2D eigenvalue weighted by atomic mass is 9.97. The van der Waals surface area contributed by atoms with Gasteiger partial charge in [-0.1, -0.05) is 23.7 Å². The summed E-state index contributed by atoms with van der Waals surface area (Å²) in [7, 11) is 1.78. The van der Waals surface area contributed by atoms with E-state index in [-0.39, 0.29) is 24.5 Å². The molecule has 2 aromatic heterocycles. The first-order valence-corrected chi connectivity index (χ1v) is 9.95. The molecule has 3 heterocycles. The van der Waals surface area contributed by atoms with Crippen molar-refractivity contribution in [1.82, 2.24) is 24.9 Å². The summed E-state index contributed by atoms with van der Waals surface area (Å²) in [5, 5.41) is 14.3. The quantitative estimate of drug-likeness (QED) is 0.623. The van der Waals surface area contributed by atoms with Crippen molar-refractivity contribution in [2.24, 2.45) is 7.05 Å². The van der Waals surface area contributed by atoms with Crippen LogP contribution < -0.4 is 10.6 Å². The molecule has 0 radical (unpaired) electrons. The number of aromatic nitrogens is 4. The van der Waals surface area contributed by atoms with E-state index in [1.54, 1.807) is 42.2 Å². The van der Waals surface area contributed by atoms with E-state index >= 15 is 0 Å². The topological polar surface area (TPSA) is 76.8 Å². The van der Waals surface area contributed by atoms with E-state index in [2.05, 4.69) is 20.8 Å². The standard InChI is InChI=1S/C20H20ClF3N6O/c1-11-13(10-26-29(11)2)9-25-19(31)16-8-18-27-15(12-3-5-14(21)6-4-12)7-17(20(22,23)24)30(18)28-16/h3-6,8,10,15,17,27H,7,9H2,1-2H3,(H,25,31)/t15-,17-/m0/s1. The van der Waals surface area contributed by atoms with Gasteiger partial charge >= 0.3 is 6.18 Å². The molecule has 7 nitrogen and oxygen atoms in total. The lowest BCUT2D eigenvalue weighted by Gasteiger charge is -2.33. The monoisotopic (exact) mass is 452 g/mol. The number of carbonyl (C=O) groups excluding carboxylic acids is 1. The minimum atomic E-state index is -4.52. The Morgan fingerprint density at radius 2 is 2.03 bits per heavy atom. The van der Waals surface area contributed by atoms with Crippen LogP contribution in [0.2, 0.25) is 5.02 Å². The Bertz CT molecular complexity index is 1110. The second kappa shape index (κ2) is 7.92. The molecule has 0 spiro atoms. The zero-order valence-corrected chi connectivity index (χ0v) is 17.5. The Morgan fingerprint density at radius 1 is 1.32 bits per heavy atom. The first-order chi connectivity index (χ1) is 14.6. The Balaban J connectivity index is 1.58. The first-order valence-electron chi connectivity index (χ1n) is 9.57. The Labute approximate surface area is 181 Å². The van der Waals surface area contributed by atoms with Gasteiger partial charge in [0.25, 0.3) is 5.91 Å². The molecule has 1 aromatic carbocycles. The highest BCUT2D eigenvalue weighted by atomic mass is 35.5. The molecule has 1 aliphatic heterocycles. The molecule has 0 bridgehead atoms. The third-order valence-corrected chi connectivity index (χ3v) is 5.72. The fourth-order valence-electron chi connectivity index (χ4n) is 3.58. The van der Waals surface area contributed by atoms with E-state index in [0.717, 1.165) is 15.9 Å². The van der Waals surface area contributed by atoms with E-state index in [9.17, 15) is 18.0 Å². The average molecular weight is 453 g/mol. The number of benzene rings is 1. The number of nitrogens with one attached hydrogen (secondary N) is 2. The molecule has 3 aromatic rings. The van der Waals surface area contributed by atoms with Crippen LogP contribution in [-0.2, 0) is 13.6 Å². The third-order valence-electron chi connectivity index (χ3n) is 5.47. The lowest BCUT2D eigenvalue weighted by Crippen LogP contribution is -2.35. The summed E-state index contributed by atoms with van der Waals surface area (Å²) in [5.74, 6) is -0.424. The van der Waals surface area contributed by atoms with Gasteiger partial charge in [-0.3, -0.25) is 9.48 Å². The van der Waals surface area contributed by atoms with Gasteiger partial charge in [0.2, 0.25) is 0 Å². The van der Waals surface area contributed by atoms with Crippen LogP contribution in [0.15, 0.2) is 36.5 Å². The van der Waals surface area contributed by atoms with Gasteiger partial charge in [0, 0.05) is 42.4 Å². The maximum atomic E-state index is 13.8. The van der Waals surface area contributed by atoms with Gasteiger partial charge in [0.05, 0.1) is 12.2 Å². The molecule has 0 unspecified atom stereocenters. The maximum Gasteiger partial charge on any atom is 0.410 e. The van der Waals surface area contributed by atoms with Crippen LogP contribution in [0.25, 0.3) is 0 Å². The molecule has 0 saturated carbocycles. The van der Waals surface area contributed by atoms with E-state index in [1.807, 2.05) is 6.92 Å². The number of fused-ring (bicyclic) bond motifs is 1. The highest BCUT2D eigenvalue weighted by molar-refractivity contribution is 6.30. The predicted molar refractivity (Wildman–Crippen MR) is 109 cm³/mol. The number of hydrogen-bond donors (Lipinski definition) is 2. The van der Waals surface area contributed by atoms with Crippen molar-refractivity contribution in [3.05, 3.63) is 64.1 Å². The van der Waals surface area contributed by atoms with Crippen molar-refractivity contribution in [2.45, 2.75) is 38.1 Å². The number of aryl methyl sites for hydroxylation is 1. The molecular weight excluding hydrogens is 433 g/mol. The molecule has 164 valence electrons. The molecule has 0 aliphatic carbocycles. The third kappa shape index (κ3) is 4.25. The Kier molecular flexibility index (Phi) is 5.42. The van der Waals surface area contributed by atoms with E-state index in [4.69, 9.17) is 11.6 Å². The molecule has 0 saturated heterocycles. The van der Waals surface area contributed by atoms with Crippen LogP contribution in [0.5, 0.6) is 0 Å². The number of alkyl halides is 3. The summed E-state index contributed by atoms with van der Waals surface area (Å²) in [4.78, 5) is 12.6. The van der Waals surface area contributed by atoms with Crippen molar-refractivity contribution in [3.63, 3.8) is 0 Å². The van der Waals surface area contributed by atoms with Crippen LogP contribution in [0.1, 0.15) is 45.8 Å². The van der Waals surface area contributed by atoms with Gasteiger partial charge < -0.3 is 10.6 Å².